The van der Waals surface area contributed by atoms with E-state index in [4.69, 9.17) is 0 Å². The fraction of sp³-hybridized carbons (Fsp3) is 0.643. The Morgan fingerprint density at radius 1 is 1.22 bits per heavy atom. The Hall–Kier alpha value is -1.13. The molecule has 1 aromatic heterocycles. The van der Waals surface area contributed by atoms with Crippen LogP contribution in [0.4, 0.5) is 5.69 Å². The highest BCUT2D eigenvalue weighted by Gasteiger charge is 2.31. The van der Waals surface area contributed by atoms with E-state index in [2.05, 4.69) is 20.9 Å². The standard InChI is InChI=1S/C14H21N3O/c1-11(18)14-5-4-13(10-15-14)17-8-6-16(7-9-17)12-2-3-12/h4-5,10-12,18H,2-3,6-9H2,1H3/t11-/m1/s1. The normalized spacial score (nSPS) is 23.1. The Morgan fingerprint density at radius 3 is 2.44 bits per heavy atom. The Bertz CT molecular complexity index is 392. The molecule has 1 saturated heterocycles. The van der Waals surface area contributed by atoms with E-state index in [-0.39, 0.29) is 0 Å². The molecule has 1 aliphatic carbocycles. The molecule has 1 aliphatic heterocycles. The first-order valence-corrected chi connectivity index (χ1v) is 6.87. The van der Waals surface area contributed by atoms with Crippen molar-refractivity contribution in [2.75, 3.05) is 31.1 Å². The Morgan fingerprint density at radius 2 is 1.94 bits per heavy atom. The summed E-state index contributed by atoms with van der Waals surface area (Å²) in [6.45, 7) is 6.26. The van der Waals surface area contributed by atoms with Gasteiger partial charge in [-0.15, -0.1) is 0 Å². The summed E-state index contributed by atoms with van der Waals surface area (Å²) < 4.78 is 0. The van der Waals surface area contributed by atoms with Crippen LogP contribution in [-0.4, -0.2) is 47.2 Å². The monoisotopic (exact) mass is 247 g/mol. The Kier molecular flexibility index (Phi) is 3.22. The zero-order valence-corrected chi connectivity index (χ0v) is 10.9. The molecule has 1 saturated carbocycles. The lowest BCUT2D eigenvalue weighted by Crippen LogP contribution is -2.47. The van der Waals surface area contributed by atoms with E-state index in [1.165, 1.54) is 31.6 Å². The number of aromatic nitrogens is 1. The zero-order chi connectivity index (χ0) is 12.5. The van der Waals surface area contributed by atoms with Gasteiger partial charge >= 0.3 is 0 Å². The van der Waals surface area contributed by atoms with Gasteiger partial charge in [-0.25, -0.2) is 0 Å². The van der Waals surface area contributed by atoms with Crippen LogP contribution in [0.25, 0.3) is 0 Å². The van der Waals surface area contributed by atoms with E-state index in [0.29, 0.717) is 0 Å². The molecule has 0 aromatic carbocycles. The highest BCUT2D eigenvalue weighted by molar-refractivity contribution is 5.45. The van der Waals surface area contributed by atoms with E-state index in [0.717, 1.165) is 24.8 Å². The Labute approximate surface area is 108 Å². The summed E-state index contributed by atoms with van der Waals surface area (Å²) in [7, 11) is 0. The van der Waals surface area contributed by atoms with Crippen LogP contribution in [0.15, 0.2) is 18.3 Å². The van der Waals surface area contributed by atoms with Crippen LogP contribution < -0.4 is 4.90 Å². The summed E-state index contributed by atoms with van der Waals surface area (Å²) in [6.07, 6.45) is 4.19. The van der Waals surface area contributed by atoms with Gasteiger partial charge in [-0.3, -0.25) is 9.88 Å². The van der Waals surface area contributed by atoms with Gasteiger partial charge in [0.25, 0.3) is 0 Å². The lowest BCUT2D eigenvalue weighted by Gasteiger charge is -2.36. The predicted octanol–water partition coefficient (Wildman–Crippen LogP) is 1.42. The molecule has 1 N–H and O–H groups in total. The molecular formula is C14H21N3O. The van der Waals surface area contributed by atoms with Crippen molar-refractivity contribution in [2.24, 2.45) is 0 Å². The first-order valence-electron chi connectivity index (χ1n) is 6.87. The molecule has 2 heterocycles. The molecule has 0 bridgehead atoms. The lowest BCUT2D eigenvalue weighted by atomic mass is 10.2. The molecule has 18 heavy (non-hydrogen) atoms. The second kappa shape index (κ2) is 4.86. The summed E-state index contributed by atoms with van der Waals surface area (Å²) in [5.74, 6) is 0. The number of hydrogen-bond donors (Lipinski definition) is 1. The largest absolute Gasteiger partial charge is 0.387 e. The molecule has 98 valence electrons. The fourth-order valence-electron chi connectivity index (χ4n) is 2.62. The smallest absolute Gasteiger partial charge is 0.0931 e. The average molecular weight is 247 g/mol. The predicted molar refractivity (Wildman–Crippen MR) is 71.7 cm³/mol. The third kappa shape index (κ3) is 2.49. The van der Waals surface area contributed by atoms with E-state index in [1.807, 2.05) is 12.3 Å². The first-order chi connectivity index (χ1) is 8.74. The van der Waals surface area contributed by atoms with Gasteiger partial charge in [0.2, 0.25) is 0 Å². The topological polar surface area (TPSA) is 39.6 Å². The molecule has 0 unspecified atom stereocenters. The van der Waals surface area contributed by atoms with E-state index < -0.39 is 6.10 Å². The number of anilines is 1. The van der Waals surface area contributed by atoms with Gasteiger partial charge in [0.05, 0.1) is 23.7 Å². The zero-order valence-electron chi connectivity index (χ0n) is 10.9. The van der Waals surface area contributed by atoms with Crippen LogP contribution in [0.5, 0.6) is 0 Å². The van der Waals surface area contributed by atoms with Gasteiger partial charge in [-0.05, 0) is 31.9 Å². The summed E-state index contributed by atoms with van der Waals surface area (Å²) in [6, 6.07) is 4.87. The first kappa shape index (κ1) is 11.9. The number of pyridine rings is 1. The highest BCUT2D eigenvalue weighted by atomic mass is 16.3. The number of hydrogen-bond acceptors (Lipinski definition) is 4. The molecule has 4 nitrogen and oxygen atoms in total. The Balaban J connectivity index is 1.61. The average Bonchev–Trinajstić information content (AvgIpc) is 3.23. The summed E-state index contributed by atoms with van der Waals surface area (Å²) in [5, 5.41) is 9.44. The van der Waals surface area contributed by atoms with Gasteiger partial charge in [0.15, 0.2) is 0 Å². The summed E-state index contributed by atoms with van der Waals surface area (Å²) in [4.78, 5) is 9.31. The van der Waals surface area contributed by atoms with Crippen molar-refractivity contribution in [2.45, 2.75) is 31.9 Å². The van der Waals surface area contributed by atoms with Gasteiger partial charge in [-0.1, -0.05) is 0 Å². The van der Waals surface area contributed by atoms with Crippen molar-refractivity contribution in [3.8, 4) is 0 Å². The second-order valence-corrected chi connectivity index (χ2v) is 5.37. The molecule has 0 spiro atoms. The van der Waals surface area contributed by atoms with Gasteiger partial charge in [0, 0.05) is 32.2 Å². The highest BCUT2D eigenvalue weighted by Crippen LogP contribution is 2.28. The van der Waals surface area contributed by atoms with Crippen LogP contribution >= 0.6 is 0 Å². The molecule has 0 radical (unpaired) electrons. The molecule has 2 aliphatic rings. The lowest BCUT2D eigenvalue weighted by molar-refractivity contribution is 0.194. The van der Waals surface area contributed by atoms with E-state index in [9.17, 15) is 5.11 Å². The second-order valence-electron chi connectivity index (χ2n) is 5.37. The van der Waals surface area contributed by atoms with Crippen molar-refractivity contribution in [1.29, 1.82) is 0 Å². The molecule has 2 fully saturated rings. The summed E-state index contributed by atoms with van der Waals surface area (Å²) in [5.41, 5.74) is 1.92. The quantitative estimate of drug-likeness (QED) is 0.877. The molecular weight excluding hydrogens is 226 g/mol. The number of piperazine rings is 1. The molecule has 1 atom stereocenters. The number of aliphatic hydroxyl groups is 1. The molecule has 4 heteroatoms. The summed E-state index contributed by atoms with van der Waals surface area (Å²) >= 11 is 0. The van der Waals surface area contributed by atoms with Crippen LogP contribution in [-0.2, 0) is 0 Å². The number of nitrogens with zero attached hydrogens (tertiary/aromatic N) is 3. The maximum Gasteiger partial charge on any atom is 0.0931 e. The van der Waals surface area contributed by atoms with Crippen molar-refractivity contribution >= 4 is 5.69 Å². The third-order valence-corrected chi connectivity index (χ3v) is 3.94. The fourth-order valence-corrected chi connectivity index (χ4v) is 2.62. The third-order valence-electron chi connectivity index (χ3n) is 3.94. The minimum Gasteiger partial charge on any atom is -0.387 e. The van der Waals surface area contributed by atoms with Crippen LogP contribution in [0.3, 0.4) is 0 Å². The van der Waals surface area contributed by atoms with Crippen molar-refractivity contribution in [1.82, 2.24) is 9.88 Å². The van der Waals surface area contributed by atoms with Crippen molar-refractivity contribution < 1.29 is 5.11 Å². The molecule has 3 rings (SSSR count). The maximum atomic E-state index is 9.44. The van der Waals surface area contributed by atoms with Crippen molar-refractivity contribution in [3.05, 3.63) is 24.0 Å². The van der Waals surface area contributed by atoms with Crippen LogP contribution in [0.2, 0.25) is 0 Å². The number of rotatable bonds is 3. The molecule has 1 aromatic rings. The van der Waals surface area contributed by atoms with Gasteiger partial charge in [-0.2, -0.15) is 0 Å². The van der Waals surface area contributed by atoms with E-state index >= 15 is 0 Å². The number of aliphatic hydroxyl groups excluding tert-OH is 1. The van der Waals surface area contributed by atoms with E-state index in [1.54, 1.807) is 6.92 Å². The van der Waals surface area contributed by atoms with Crippen molar-refractivity contribution in [3.63, 3.8) is 0 Å². The van der Waals surface area contributed by atoms with Crippen LogP contribution in [0.1, 0.15) is 31.6 Å². The molecule has 0 amide bonds. The van der Waals surface area contributed by atoms with Gasteiger partial charge < -0.3 is 10.0 Å². The maximum absolute atomic E-state index is 9.44. The minimum absolute atomic E-state index is 0.481. The minimum atomic E-state index is -0.481. The van der Waals surface area contributed by atoms with Gasteiger partial charge in [0.1, 0.15) is 0 Å². The SMILES string of the molecule is C[C@@H](O)c1ccc(N2CCN(C3CC3)CC2)cn1. The van der Waals surface area contributed by atoms with Crippen LogP contribution in [0, 0.1) is 0 Å².